The standard InChI is InChI=1S/C19H22ClN3O2/c1-14(15-8-4-3-5-9-15)21-18(24)12-23(2)13-19(25)22-17-11-7-6-10-16(17)20/h3-11,14H,12-13H2,1-2H3,(H,21,24)(H,22,25). The smallest absolute Gasteiger partial charge is 0.238 e. The molecule has 0 bridgehead atoms. The van der Waals surface area contributed by atoms with E-state index in [1.165, 1.54) is 0 Å². The third-order valence-electron chi connectivity index (χ3n) is 3.65. The zero-order chi connectivity index (χ0) is 18.2. The Morgan fingerprint density at radius 1 is 1.00 bits per heavy atom. The largest absolute Gasteiger partial charge is 0.348 e. The first-order chi connectivity index (χ1) is 12.0. The lowest BCUT2D eigenvalue weighted by atomic mass is 10.1. The first-order valence-corrected chi connectivity index (χ1v) is 8.40. The van der Waals surface area contributed by atoms with Crippen LogP contribution in [0, 0.1) is 0 Å². The Balaban J connectivity index is 1.79. The van der Waals surface area contributed by atoms with E-state index in [-0.39, 0.29) is 30.9 Å². The van der Waals surface area contributed by atoms with Crippen LogP contribution in [0.3, 0.4) is 0 Å². The van der Waals surface area contributed by atoms with Crippen molar-refractivity contribution < 1.29 is 9.59 Å². The highest BCUT2D eigenvalue weighted by molar-refractivity contribution is 6.33. The van der Waals surface area contributed by atoms with Gasteiger partial charge in [0.15, 0.2) is 0 Å². The third-order valence-corrected chi connectivity index (χ3v) is 3.98. The number of nitrogens with one attached hydrogen (secondary N) is 2. The predicted octanol–water partition coefficient (Wildman–Crippen LogP) is 3.09. The van der Waals surface area contributed by atoms with Crippen molar-refractivity contribution in [1.82, 2.24) is 10.2 Å². The Bertz CT molecular complexity index is 722. The molecule has 6 heteroatoms. The van der Waals surface area contributed by atoms with Crippen LogP contribution < -0.4 is 10.6 Å². The number of benzene rings is 2. The average Bonchev–Trinajstić information content (AvgIpc) is 2.57. The molecule has 1 atom stereocenters. The number of carbonyl (C=O) groups is 2. The van der Waals surface area contributed by atoms with Gasteiger partial charge in [-0.15, -0.1) is 0 Å². The van der Waals surface area contributed by atoms with E-state index >= 15 is 0 Å². The summed E-state index contributed by atoms with van der Waals surface area (Å²) in [4.78, 5) is 25.8. The molecule has 2 rings (SSSR count). The first-order valence-electron chi connectivity index (χ1n) is 8.03. The van der Waals surface area contributed by atoms with Crippen LogP contribution in [0.15, 0.2) is 54.6 Å². The summed E-state index contributed by atoms with van der Waals surface area (Å²) in [5.41, 5.74) is 1.60. The number of halogens is 1. The van der Waals surface area contributed by atoms with Crippen molar-refractivity contribution in [3.63, 3.8) is 0 Å². The molecule has 0 radical (unpaired) electrons. The van der Waals surface area contributed by atoms with Crippen molar-refractivity contribution in [2.45, 2.75) is 13.0 Å². The van der Waals surface area contributed by atoms with Crippen molar-refractivity contribution in [2.75, 3.05) is 25.5 Å². The number of rotatable bonds is 7. The second-order valence-corrected chi connectivity index (χ2v) is 6.31. The van der Waals surface area contributed by atoms with E-state index < -0.39 is 0 Å². The van der Waals surface area contributed by atoms with Gasteiger partial charge in [-0.05, 0) is 31.7 Å². The number of anilines is 1. The summed E-state index contributed by atoms with van der Waals surface area (Å²) in [5, 5.41) is 6.14. The number of likely N-dealkylation sites (N-methyl/N-ethyl adjacent to an activating group) is 1. The molecule has 25 heavy (non-hydrogen) atoms. The third kappa shape index (κ3) is 6.21. The van der Waals surface area contributed by atoms with E-state index in [2.05, 4.69) is 10.6 Å². The molecule has 0 aliphatic rings. The van der Waals surface area contributed by atoms with E-state index in [1.807, 2.05) is 37.3 Å². The topological polar surface area (TPSA) is 61.4 Å². The molecular formula is C19H22ClN3O2. The number of carbonyl (C=O) groups excluding carboxylic acids is 2. The average molecular weight is 360 g/mol. The SMILES string of the molecule is CC(NC(=O)CN(C)CC(=O)Nc1ccccc1Cl)c1ccccc1. The van der Waals surface area contributed by atoms with Gasteiger partial charge in [-0.25, -0.2) is 0 Å². The summed E-state index contributed by atoms with van der Waals surface area (Å²) >= 11 is 6.01. The fourth-order valence-electron chi connectivity index (χ4n) is 2.41. The van der Waals surface area contributed by atoms with Gasteiger partial charge in [0.05, 0.1) is 29.8 Å². The fourth-order valence-corrected chi connectivity index (χ4v) is 2.59. The van der Waals surface area contributed by atoms with Gasteiger partial charge < -0.3 is 10.6 Å². The van der Waals surface area contributed by atoms with Gasteiger partial charge in [0.1, 0.15) is 0 Å². The van der Waals surface area contributed by atoms with Crippen LogP contribution in [0.4, 0.5) is 5.69 Å². The molecule has 0 spiro atoms. The first kappa shape index (κ1) is 19.0. The lowest BCUT2D eigenvalue weighted by molar-refractivity contribution is -0.123. The Labute approximate surface area is 153 Å². The molecule has 0 aliphatic heterocycles. The zero-order valence-corrected chi connectivity index (χ0v) is 15.1. The molecule has 2 aromatic carbocycles. The second kappa shape index (κ2) is 9.20. The minimum Gasteiger partial charge on any atom is -0.348 e. The van der Waals surface area contributed by atoms with Crippen LogP contribution in [0.25, 0.3) is 0 Å². The van der Waals surface area contributed by atoms with Gasteiger partial charge in [0.25, 0.3) is 0 Å². The minimum absolute atomic E-state index is 0.0842. The molecule has 0 aromatic heterocycles. The highest BCUT2D eigenvalue weighted by atomic mass is 35.5. The van der Waals surface area contributed by atoms with Gasteiger partial charge in [-0.1, -0.05) is 54.1 Å². The van der Waals surface area contributed by atoms with Crippen LogP contribution in [-0.4, -0.2) is 36.9 Å². The Morgan fingerprint density at radius 3 is 2.28 bits per heavy atom. The molecule has 132 valence electrons. The van der Waals surface area contributed by atoms with Crippen LogP contribution in [-0.2, 0) is 9.59 Å². The van der Waals surface area contributed by atoms with E-state index in [0.717, 1.165) is 5.56 Å². The molecule has 0 fully saturated rings. The van der Waals surface area contributed by atoms with E-state index in [1.54, 1.807) is 36.2 Å². The molecular weight excluding hydrogens is 338 g/mol. The van der Waals surface area contributed by atoms with Gasteiger partial charge in [0, 0.05) is 0 Å². The maximum atomic E-state index is 12.1. The normalized spacial score (nSPS) is 11.8. The highest BCUT2D eigenvalue weighted by Crippen LogP contribution is 2.20. The molecule has 2 amide bonds. The van der Waals surface area contributed by atoms with Crippen LogP contribution in [0.2, 0.25) is 5.02 Å². The Kier molecular flexibility index (Phi) is 6.98. The van der Waals surface area contributed by atoms with Gasteiger partial charge in [-0.3, -0.25) is 14.5 Å². The molecule has 0 heterocycles. The van der Waals surface area contributed by atoms with Crippen molar-refractivity contribution in [3.8, 4) is 0 Å². The van der Waals surface area contributed by atoms with Crippen molar-refractivity contribution in [2.24, 2.45) is 0 Å². The van der Waals surface area contributed by atoms with Crippen molar-refractivity contribution in [1.29, 1.82) is 0 Å². The molecule has 5 nitrogen and oxygen atoms in total. The van der Waals surface area contributed by atoms with Gasteiger partial charge in [-0.2, -0.15) is 0 Å². The van der Waals surface area contributed by atoms with Crippen LogP contribution in [0.5, 0.6) is 0 Å². The Morgan fingerprint density at radius 2 is 1.60 bits per heavy atom. The molecule has 1 unspecified atom stereocenters. The summed E-state index contributed by atoms with van der Waals surface area (Å²) in [7, 11) is 1.72. The quantitative estimate of drug-likeness (QED) is 0.798. The fraction of sp³-hybridized carbons (Fsp3) is 0.263. The zero-order valence-electron chi connectivity index (χ0n) is 14.3. The van der Waals surface area contributed by atoms with E-state index in [9.17, 15) is 9.59 Å². The monoisotopic (exact) mass is 359 g/mol. The number of hydrogen-bond donors (Lipinski definition) is 2. The summed E-state index contributed by atoms with van der Waals surface area (Å²) in [5.74, 6) is -0.357. The molecule has 0 aliphatic carbocycles. The summed E-state index contributed by atoms with van der Waals surface area (Å²) in [6.45, 7) is 2.16. The molecule has 2 N–H and O–H groups in total. The Hall–Kier alpha value is -2.37. The molecule has 0 saturated carbocycles. The number of amides is 2. The summed E-state index contributed by atoms with van der Waals surface area (Å²) in [6, 6.07) is 16.7. The highest BCUT2D eigenvalue weighted by Gasteiger charge is 2.14. The van der Waals surface area contributed by atoms with Gasteiger partial charge in [0.2, 0.25) is 11.8 Å². The molecule has 0 saturated heterocycles. The lowest BCUT2D eigenvalue weighted by Crippen LogP contribution is -2.39. The maximum Gasteiger partial charge on any atom is 0.238 e. The molecule has 2 aromatic rings. The van der Waals surface area contributed by atoms with Crippen LogP contribution in [0.1, 0.15) is 18.5 Å². The lowest BCUT2D eigenvalue weighted by Gasteiger charge is -2.19. The predicted molar refractivity (Wildman–Crippen MR) is 101 cm³/mol. The maximum absolute atomic E-state index is 12.1. The van der Waals surface area contributed by atoms with Gasteiger partial charge >= 0.3 is 0 Å². The van der Waals surface area contributed by atoms with Crippen LogP contribution >= 0.6 is 11.6 Å². The number of nitrogens with zero attached hydrogens (tertiary/aromatic N) is 1. The minimum atomic E-state index is -0.223. The summed E-state index contributed by atoms with van der Waals surface area (Å²) < 4.78 is 0. The van der Waals surface area contributed by atoms with E-state index in [4.69, 9.17) is 11.6 Å². The number of para-hydroxylation sites is 1. The number of hydrogen-bond acceptors (Lipinski definition) is 3. The summed E-state index contributed by atoms with van der Waals surface area (Å²) in [6.07, 6.45) is 0. The second-order valence-electron chi connectivity index (χ2n) is 5.90. The van der Waals surface area contributed by atoms with Crippen molar-refractivity contribution >= 4 is 29.1 Å². The van der Waals surface area contributed by atoms with E-state index in [0.29, 0.717) is 10.7 Å². The van der Waals surface area contributed by atoms with Crippen molar-refractivity contribution in [3.05, 3.63) is 65.2 Å².